The minimum atomic E-state index is 0.732. The first kappa shape index (κ1) is 13.1. The number of aromatic nitrogens is 1. The third-order valence-electron chi connectivity index (χ3n) is 3.14. The summed E-state index contributed by atoms with van der Waals surface area (Å²) in [5.74, 6) is 0. The highest BCUT2D eigenvalue weighted by atomic mass is 32.1. The standard InChI is InChI=1S/C16H17N3S/c17-10-4-6-12-5-3-7-13(11-12)18-16-19-14-8-1-2-9-15(14)20-16/h1-3,5,7-9,11H,4,6,10,17H2,(H,18,19). The fourth-order valence-electron chi connectivity index (χ4n) is 2.16. The first-order valence-corrected chi connectivity index (χ1v) is 7.58. The van der Waals surface area contributed by atoms with E-state index in [2.05, 4.69) is 40.6 Å². The van der Waals surface area contributed by atoms with E-state index in [0.717, 1.165) is 35.7 Å². The van der Waals surface area contributed by atoms with Gasteiger partial charge in [0.1, 0.15) is 0 Å². The fraction of sp³-hybridized carbons (Fsp3) is 0.188. The topological polar surface area (TPSA) is 50.9 Å². The highest BCUT2D eigenvalue weighted by Gasteiger charge is 2.03. The lowest BCUT2D eigenvalue weighted by atomic mass is 10.1. The third-order valence-corrected chi connectivity index (χ3v) is 4.09. The summed E-state index contributed by atoms with van der Waals surface area (Å²) >= 11 is 1.67. The van der Waals surface area contributed by atoms with E-state index >= 15 is 0 Å². The van der Waals surface area contributed by atoms with Gasteiger partial charge in [-0.2, -0.15) is 0 Å². The van der Waals surface area contributed by atoms with Crippen LogP contribution in [0.5, 0.6) is 0 Å². The van der Waals surface area contributed by atoms with E-state index in [0.29, 0.717) is 0 Å². The van der Waals surface area contributed by atoms with Gasteiger partial charge in [0, 0.05) is 5.69 Å². The molecule has 1 aromatic heterocycles. The first-order valence-electron chi connectivity index (χ1n) is 6.77. The molecular weight excluding hydrogens is 266 g/mol. The molecule has 0 unspecified atom stereocenters. The molecule has 4 heteroatoms. The zero-order chi connectivity index (χ0) is 13.8. The van der Waals surface area contributed by atoms with Crippen LogP contribution in [0.4, 0.5) is 10.8 Å². The van der Waals surface area contributed by atoms with Crippen molar-refractivity contribution in [2.45, 2.75) is 12.8 Å². The molecule has 0 aliphatic carbocycles. The number of para-hydroxylation sites is 1. The Kier molecular flexibility index (Phi) is 3.95. The molecule has 0 spiro atoms. The van der Waals surface area contributed by atoms with E-state index in [9.17, 15) is 0 Å². The average Bonchev–Trinajstić information content (AvgIpc) is 2.87. The number of nitrogens with two attached hydrogens (primary N) is 1. The zero-order valence-corrected chi connectivity index (χ0v) is 12.0. The highest BCUT2D eigenvalue weighted by molar-refractivity contribution is 7.22. The van der Waals surface area contributed by atoms with Gasteiger partial charge in [-0.15, -0.1) is 0 Å². The van der Waals surface area contributed by atoms with Crippen LogP contribution >= 0.6 is 11.3 Å². The summed E-state index contributed by atoms with van der Waals surface area (Å²) in [5.41, 5.74) is 8.99. The highest BCUT2D eigenvalue weighted by Crippen LogP contribution is 2.28. The molecule has 3 rings (SSSR count). The van der Waals surface area contributed by atoms with Gasteiger partial charge in [0.25, 0.3) is 0 Å². The predicted molar refractivity (Wildman–Crippen MR) is 86.7 cm³/mol. The maximum atomic E-state index is 5.56. The van der Waals surface area contributed by atoms with E-state index in [4.69, 9.17) is 5.73 Å². The quantitative estimate of drug-likeness (QED) is 0.746. The van der Waals surface area contributed by atoms with E-state index in [1.54, 1.807) is 11.3 Å². The summed E-state index contributed by atoms with van der Waals surface area (Å²) in [4.78, 5) is 4.59. The Morgan fingerprint density at radius 1 is 1.10 bits per heavy atom. The second-order valence-electron chi connectivity index (χ2n) is 4.70. The number of aryl methyl sites for hydroxylation is 1. The number of anilines is 2. The van der Waals surface area contributed by atoms with Gasteiger partial charge >= 0.3 is 0 Å². The molecule has 3 N–H and O–H groups in total. The van der Waals surface area contributed by atoms with Crippen molar-refractivity contribution >= 4 is 32.4 Å². The van der Waals surface area contributed by atoms with Crippen LogP contribution in [-0.2, 0) is 6.42 Å². The van der Waals surface area contributed by atoms with Crippen LogP contribution in [0.3, 0.4) is 0 Å². The van der Waals surface area contributed by atoms with E-state index in [1.165, 1.54) is 10.3 Å². The molecule has 0 aliphatic rings. The Labute approximate surface area is 122 Å². The predicted octanol–water partition coefficient (Wildman–Crippen LogP) is 3.93. The van der Waals surface area contributed by atoms with Crippen molar-refractivity contribution in [2.24, 2.45) is 5.73 Å². The fourth-order valence-corrected chi connectivity index (χ4v) is 3.05. The van der Waals surface area contributed by atoms with E-state index in [-0.39, 0.29) is 0 Å². The van der Waals surface area contributed by atoms with Crippen molar-refractivity contribution in [2.75, 3.05) is 11.9 Å². The lowest BCUT2D eigenvalue weighted by molar-refractivity contribution is 0.833. The summed E-state index contributed by atoms with van der Waals surface area (Å²) < 4.78 is 1.20. The van der Waals surface area contributed by atoms with Gasteiger partial charge in [0.15, 0.2) is 5.13 Å². The Balaban J connectivity index is 1.79. The van der Waals surface area contributed by atoms with Crippen LogP contribution in [0.1, 0.15) is 12.0 Å². The summed E-state index contributed by atoms with van der Waals surface area (Å²) in [6.45, 7) is 0.732. The Morgan fingerprint density at radius 3 is 2.85 bits per heavy atom. The molecule has 3 aromatic rings. The van der Waals surface area contributed by atoms with Crippen molar-refractivity contribution in [1.82, 2.24) is 4.98 Å². The molecule has 0 saturated heterocycles. The molecule has 102 valence electrons. The van der Waals surface area contributed by atoms with Crippen LogP contribution in [0.2, 0.25) is 0 Å². The maximum absolute atomic E-state index is 5.56. The lowest BCUT2D eigenvalue weighted by Gasteiger charge is -2.05. The number of thiazole rings is 1. The molecule has 0 fully saturated rings. The van der Waals surface area contributed by atoms with Gasteiger partial charge in [0.05, 0.1) is 10.2 Å². The van der Waals surface area contributed by atoms with Crippen LogP contribution in [0.15, 0.2) is 48.5 Å². The first-order chi connectivity index (χ1) is 9.85. The number of fused-ring (bicyclic) bond motifs is 1. The summed E-state index contributed by atoms with van der Waals surface area (Å²) in [7, 11) is 0. The van der Waals surface area contributed by atoms with Crippen molar-refractivity contribution in [3.05, 3.63) is 54.1 Å². The molecule has 3 nitrogen and oxygen atoms in total. The van der Waals surface area contributed by atoms with Crippen molar-refractivity contribution in [3.8, 4) is 0 Å². The lowest BCUT2D eigenvalue weighted by Crippen LogP contribution is -2.00. The second kappa shape index (κ2) is 6.03. The normalized spacial score (nSPS) is 10.8. The zero-order valence-electron chi connectivity index (χ0n) is 11.2. The number of nitrogens with zero attached hydrogens (tertiary/aromatic N) is 1. The number of hydrogen-bond donors (Lipinski definition) is 2. The van der Waals surface area contributed by atoms with Crippen LogP contribution in [-0.4, -0.2) is 11.5 Å². The Bertz CT molecular complexity index is 673. The van der Waals surface area contributed by atoms with E-state index in [1.807, 2.05) is 18.2 Å². The average molecular weight is 283 g/mol. The number of benzene rings is 2. The molecule has 0 bridgehead atoms. The molecule has 0 aliphatic heterocycles. The molecule has 2 aromatic carbocycles. The van der Waals surface area contributed by atoms with Crippen LogP contribution < -0.4 is 11.1 Å². The second-order valence-corrected chi connectivity index (χ2v) is 5.73. The molecule has 0 radical (unpaired) electrons. The number of nitrogens with one attached hydrogen (secondary N) is 1. The SMILES string of the molecule is NCCCc1cccc(Nc2nc3ccccc3s2)c1. The van der Waals surface area contributed by atoms with Crippen molar-refractivity contribution < 1.29 is 0 Å². The van der Waals surface area contributed by atoms with Gasteiger partial charge in [-0.3, -0.25) is 0 Å². The smallest absolute Gasteiger partial charge is 0.188 e. The van der Waals surface area contributed by atoms with E-state index < -0.39 is 0 Å². The molecule has 20 heavy (non-hydrogen) atoms. The van der Waals surface area contributed by atoms with Crippen LogP contribution in [0, 0.1) is 0 Å². The molecule has 1 heterocycles. The Morgan fingerprint density at radius 2 is 2.00 bits per heavy atom. The molecule has 0 saturated carbocycles. The molecular formula is C16H17N3S. The monoisotopic (exact) mass is 283 g/mol. The van der Waals surface area contributed by atoms with Crippen LogP contribution in [0.25, 0.3) is 10.2 Å². The minimum Gasteiger partial charge on any atom is -0.332 e. The maximum Gasteiger partial charge on any atom is 0.188 e. The minimum absolute atomic E-state index is 0.732. The van der Waals surface area contributed by atoms with Gasteiger partial charge in [-0.05, 0) is 49.2 Å². The largest absolute Gasteiger partial charge is 0.332 e. The summed E-state index contributed by atoms with van der Waals surface area (Å²) in [6, 6.07) is 16.6. The van der Waals surface area contributed by atoms with Crippen molar-refractivity contribution in [1.29, 1.82) is 0 Å². The number of rotatable bonds is 5. The Hall–Kier alpha value is -1.91. The van der Waals surface area contributed by atoms with Gasteiger partial charge in [-0.1, -0.05) is 35.6 Å². The summed E-state index contributed by atoms with van der Waals surface area (Å²) in [6.07, 6.45) is 2.04. The van der Waals surface area contributed by atoms with Crippen molar-refractivity contribution in [3.63, 3.8) is 0 Å². The summed E-state index contributed by atoms with van der Waals surface area (Å²) in [5, 5.41) is 4.32. The van der Waals surface area contributed by atoms with Gasteiger partial charge in [0.2, 0.25) is 0 Å². The molecule has 0 atom stereocenters. The van der Waals surface area contributed by atoms with Gasteiger partial charge in [-0.25, -0.2) is 4.98 Å². The third kappa shape index (κ3) is 2.98. The van der Waals surface area contributed by atoms with Gasteiger partial charge < -0.3 is 11.1 Å². The number of hydrogen-bond acceptors (Lipinski definition) is 4. The molecule has 0 amide bonds.